The van der Waals surface area contributed by atoms with Crippen LogP contribution in [0.3, 0.4) is 0 Å². The van der Waals surface area contributed by atoms with Crippen molar-refractivity contribution in [2.45, 2.75) is 51.6 Å². The maximum atomic E-state index is 5.07. The number of fused-ring (bicyclic) bond motifs is 1. The minimum Gasteiger partial charge on any atom is -0.356 e. The van der Waals surface area contributed by atoms with Gasteiger partial charge in [0.2, 0.25) is 0 Å². The molecule has 0 bridgehead atoms. The van der Waals surface area contributed by atoms with Crippen LogP contribution >= 0.6 is 0 Å². The third-order valence-corrected chi connectivity index (χ3v) is 5.97. The maximum Gasteiger partial charge on any atom is 0.133 e. The molecule has 2 aliphatic rings. The van der Waals surface area contributed by atoms with Gasteiger partial charge in [0.05, 0.1) is 5.52 Å². The zero-order chi connectivity index (χ0) is 17.8. The van der Waals surface area contributed by atoms with E-state index >= 15 is 0 Å². The van der Waals surface area contributed by atoms with Crippen molar-refractivity contribution in [1.82, 2.24) is 15.2 Å². The molecular formula is C22H32N4. The van der Waals surface area contributed by atoms with E-state index in [4.69, 9.17) is 4.98 Å². The van der Waals surface area contributed by atoms with Crippen LogP contribution in [0.1, 0.15) is 44.6 Å². The number of hydrogen-bond donors (Lipinski definition) is 1. The van der Waals surface area contributed by atoms with E-state index in [0.717, 1.165) is 31.7 Å². The highest BCUT2D eigenvalue weighted by Crippen LogP contribution is 2.26. The van der Waals surface area contributed by atoms with Crippen LogP contribution in [0.15, 0.2) is 30.3 Å². The second-order valence-corrected chi connectivity index (χ2v) is 7.82. The van der Waals surface area contributed by atoms with E-state index in [1.807, 2.05) is 0 Å². The minimum atomic E-state index is 0.601. The van der Waals surface area contributed by atoms with Crippen LogP contribution in [0, 0.1) is 0 Å². The highest BCUT2D eigenvalue weighted by atomic mass is 15.2. The van der Waals surface area contributed by atoms with E-state index in [0.29, 0.717) is 6.04 Å². The fourth-order valence-electron chi connectivity index (χ4n) is 4.42. The molecule has 26 heavy (non-hydrogen) atoms. The van der Waals surface area contributed by atoms with E-state index in [2.05, 4.69) is 52.4 Å². The first-order chi connectivity index (χ1) is 12.8. The lowest BCUT2D eigenvalue weighted by Gasteiger charge is -2.33. The zero-order valence-corrected chi connectivity index (χ0v) is 16.1. The molecule has 2 aromatic rings. The van der Waals surface area contributed by atoms with Gasteiger partial charge in [-0.05, 0) is 57.3 Å². The summed E-state index contributed by atoms with van der Waals surface area (Å²) in [5, 5.41) is 5.09. The highest BCUT2D eigenvalue weighted by Gasteiger charge is 2.20. The third-order valence-electron chi connectivity index (χ3n) is 5.97. The largest absolute Gasteiger partial charge is 0.356 e. The van der Waals surface area contributed by atoms with Gasteiger partial charge in [-0.25, -0.2) is 4.98 Å². The lowest BCUT2D eigenvalue weighted by atomic mass is 10.0. The van der Waals surface area contributed by atoms with Crippen LogP contribution in [0.25, 0.3) is 10.9 Å². The summed E-state index contributed by atoms with van der Waals surface area (Å²) in [6.07, 6.45) is 6.52. The number of piperidine rings is 2. The fourth-order valence-corrected chi connectivity index (χ4v) is 4.42. The zero-order valence-electron chi connectivity index (χ0n) is 16.1. The Morgan fingerprint density at radius 2 is 1.92 bits per heavy atom. The number of rotatable bonds is 5. The van der Waals surface area contributed by atoms with Crippen molar-refractivity contribution in [3.63, 3.8) is 0 Å². The predicted molar refractivity (Wildman–Crippen MR) is 110 cm³/mol. The monoisotopic (exact) mass is 352 g/mol. The Morgan fingerprint density at radius 1 is 1.08 bits per heavy atom. The van der Waals surface area contributed by atoms with Gasteiger partial charge >= 0.3 is 0 Å². The number of benzene rings is 1. The topological polar surface area (TPSA) is 31.4 Å². The van der Waals surface area contributed by atoms with Crippen molar-refractivity contribution in [3.05, 3.63) is 35.9 Å². The van der Waals surface area contributed by atoms with Crippen molar-refractivity contribution in [1.29, 1.82) is 0 Å². The van der Waals surface area contributed by atoms with Crippen molar-refractivity contribution in [2.75, 3.05) is 37.6 Å². The molecule has 2 saturated heterocycles. The molecule has 4 heteroatoms. The van der Waals surface area contributed by atoms with Crippen molar-refractivity contribution in [2.24, 2.45) is 0 Å². The average Bonchev–Trinajstić information content (AvgIpc) is 2.72. The van der Waals surface area contributed by atoms with Gasteiger partial charge in [-0.1, -0.05) is 25.1 Å². The smallest absolute Gasteiger partial charge is 0.133 e. The summed E-state index contributed by atoms with van der Waals surface area (Å²) in [5.74, 6) is 1.21. The van der Waals surface area contributed by atoms with Gasteiger partial charge in [0, 0.05) is 43.2 Å². The van der Waals surface area contributed by atoms with Gasteiger partial charge in [-0.15, -0.1) is 0 Å². The molecule has 1 N–H and O–H groups in total. The SMILES string of the molecule is CCN1CCCC(NCc2cc3ccccc3nc2N2CCCCC2)C1. The van der Waals surface area contributed by atoms with Crippen LogP contribution in [-0.2, 0) is 6.54 Å². The van der Waals surface area contributed by atoms with Gasteiger partial charge in [-0.2, -0.15) is 0 Å². The molecular weight excluding hydrogens is 320 g/mol. The van der Waals surface area contributed by atoms with Crippen LogP contribution in [0.5, 0.6) is 0 Å². The molecule has 0 spiro atoms. The summed E-state index contributed by atoms with van der Waals surface area (Å²) in [5.41, 5.74) is 2.48. The van der Waals surface area contributed by atoms with Crippen molar-refractivity contribution < 1.29 is 0 Å². The normalized spacial score (nSPS) is 22.0. The van der Waals surface area contributed by atoms with E-state index in [9.17, 15) is 0 Å². The maximum absolute atomic E-state index is 5.07. The minimum absolute atomic E-state index is 0.601. The number of likely N-dealkylation sites (tertiary alicyclic amines) is 1. The Bertz CT molecular complexity index is 723. The number of nitrogens with one attached hydrogen (secondary N) is 1. The molecule has 1 atom stereocenters. The predicted octanol–water partition coefficient (Wildman–Crippen LogP) is 3.80. The molecule has 0 amide bonds. The molecule has 2 aliphatic heterocycles. The summed E-state index contributed by atoms with van der Waals surface area (Å²) in [7, 11) is 0. The Kier molecular flexibility index (Phi) is 5.71. The number of para-hydroxylation sites is 1. The van der Waals surface area contributed by atoms with Gasteiger partial charge in [0.15, 0.2) is 0 Å². The van der Waals surface area contributed by atoms with Gasteiger partial charge in [0.25, 0.3) is 0 Å². The number of hydrogen-bond acceptors (Lipinski definition) is 4. The first-order valence-electron chi connectivity index (χ1n) is 10.4. The number of anilines is 1. The number of nitrogens with zero attached hydrogens (tertiary/aromatic N) is 3. The summed E-state index contributed by atoms with van der Waals surface area (Å²) >= 11 is 0. The van der Waals surface area contributed by atoms with Crippen LogP contribution in [0.2, 0.25) is 0 Å². The average molecular weight is 353 g/mol. The first kappa shape index (κ1) is 17.7. The number of pyridine rings is 1. The summed E-state index contributed by atoms with van der Waals surface area (Å²) in [6.45, 7) is 9.07. The van der Waals surface area contributed by atoms with E-state index < -0.39 is 0 Å². The second kappa shape index (κ2) is 8.36. The highest BCUT2D eigenvalue weighted by molar-refractivity contribution is 5.81. The Balaban J connectivity index is 1.55. The van der Waals surface area contributed by atoms with Gasteiger partial charge in [0.1, 0.15) is 5.82 Å². The van der Waals surface area contributed by atoms with Crippen molar-refractivity contribution in [3.8, 4) is 0 Å². The van der Waals surface area contributed by atoms with Crippen molar-refractivity contribution >= 4 is 16.7 Å². The Labute approximate surface area is 157 Å². The molecule has 1 unspecified atom stereocenters. The lowest BCUT2D eigenvalue weighted by molar-refractivity contribution is 0.198. The third kappa shape index (κ3) is 4.02. The molecule has 0 aliphatic carbocycles. The molecule has 2 fully saturated rings. The Morgan fingerprint density at radius 3 is 2.77 bits per heavy atom. The second-order valence-electron chi connectivity index (χ2n) is 7.82. The molecule has 140 valence electrons. The molecule has 4 rings (SSSR count). The van der Waals surface area contributed by atoms with Crippen LogP contribution in [-0.4, -0.2) is 48.6 Å². The molecule has 0 radical (unpaired) electrons. The van der Waals surface area contributed by atoms with Gasteiger partial charge in [-0.3, -0.25) is 0 Å². The number of aromatic nitrogens is 1. The molecule has 4 nitrogen and oxygen atoms in total. The summed E-state index contributed by atoms with van der Waals surface area (Å²) in [6, 6.07) is 11.5. The number of likely N-dealkylation sites (N-methyl/N-ethyl adjacent to an activating group) is 1. The van der Waals surface area contributed by atoms with Crippen LogP contribution < -0.4 is 10.2 Å². The first-order valence-corrected chi connectivity index (χ1v) is 10.4. The van der Waals surface area contributed by atoms with E-state index in [1.165, 1.54) is 62.0 Å². The molecule has 0 saturated carbocycles. The molecule has 1 aromatic carbocycles. The molecule has 1 aromatic heterocycles. The van der Waals surface area contributed by atoms with Crippen LogP contribution in [0.4, 0.5) is 5.82 Å². The van der Waals surface area contributed by atoms with E-state index in [-0.39, 0.29) is 0 Å². The quantitative estimate of drug-likeness (QED) is 0.887. The Hall–Kier alpha value is -1.65. The van der Waals surface area contributed by atoms with E-state index in [1.54, 1.807) is 0 Å². The summed E-state index contributed by atoms with van der Waals surface area (Å²) in [4.78, 5) is 10.1. The summed E-state index contributed by atoms with van der Waals surface area (Å²) < 4.78 is 0. The lowest BCUT2D eigenvalue weighted by Crippen LogP contribution is -2.45. The standard InChI is InChI=1S/C22H32N4/c1-2-25-12-8-10-20(17-25)23-16-19-15-18-9-4-5-11-21(18)24-22(19)26-13-6-3-7-14-26/h4-5,9,11,15,20,23H,2-3,6-8,10,12-14,16-17H2,1H3. The van der Waals surface area contributed by atoms with Gasteiger partial charge < -0.3 is 15.1 Å². The molecule has 3 heterocycles. The fraction of sp³-hybridized carbons (Fsp3) is 0.591.